The van der Waals surface area contributed by atoms with E-state index < -0.39 is 6.04 Å². The predicted octanol–water partition coefficient (Wildman–Crippen LogP) is 4.46. The van der Waals surface area contributed by atoms with Gasteiger partial charge in [-0.3, -0.25) is 14.4 Å². The number of nitrogens with one attached hydrogen (secondary N) is 1. The number of hydrogen-bond donors (Lipinski definition) is 2. The Hall–Kier alpha value is -3.47. The number of aliphatic hydroxyl groups is 1. The van der Waals surface area contributed by atoms with Crippen molar-refractivity contribution in [2.45, 2.75) is 77.5 Å². The van der Waals surface area contributed by atoms with E-state index in [4.69, 9.17) is 9.47 Å². The highest BCUT2D eigenvalue weighted by Gasteiger charge is 2.31. The van der Waals surface area contributed by atoms with Gasteiger partial charge in [0.2, 0.25) is 11.8 Å². The van der Waals surface area contributed by atoms with Crippen molar-refractivity contribution < 1.29 is 29.0 Å². The van der Waals surface area contributed by atoms with Crippen LogP contribution in [-0.2, 0) is 20.7 Å². The smallest absolute Gasteiger partial charge is 0.258 e. The number of nitrogens with zero attached hydrogens (tertiary/aromatic N) is 3. The van der Waals surface area contributed by atoms with E-state index in [0.717, 1.165) is 37.8 Å². The van der Waals surface area contributed by atoms with Crippen LogP contribution in [0.2, 0.25) is 0 Å². The van der Waals surface area contributed by atoms with Crippen molar-refractivity contribution in [3.63, 3.8) is 0 Å². The maximum absolute atomic E-state index is 14.3. The number of ether oxygens (including phenoxy) is 2. The van der Waals surface area contributed by atoms with Gasteiger partial charge in [0.05, 0.1) is 36.8 Å². The first-order valence-electron chi connectivity index (χ1n) is 16.5. The highest BCUT2D eigenvalue weighted by molar-refractivity contribution is 6.00. The molecule has 0 aromatic heterocycles. The minimum Gasteiger partial charge on any atom is -0.490 e. The number of fused-ring (bicyclic) bond motifs is 1. The molecule has 3 rings (SSSR count). The Kier molecular flexibility index (Phi) is 15.0. The molecule has 0 bridgehead atoms. The Morgan fingerprint density at radius 3 is 2.52 bits per heavy atom. The average Bonchev–Trinajstić information content (AvgIpc) is 3.02. The van der Waals surface area contributed by atoms with Gasteiger partial charge in [0.1, 0.15) is 5.75 Å². The van der Waals surface area contributed by atoms with Gasteiger partial charge in [-0.2, -0.15) is 0 Å². The first-order chi connectivity index (χ1) is 22.0. The topological polar surface area (TPSA) is 112 Å². The molecule has 0 aliphatic carbocycles. The van der Waals surface area contributed by atoms with E-state index in [2.05, 4.69) is 10.2 Å². The van der Waals surface area contributed by atoms with Crippen molar-refractivity contribution in [2.75, 3.05) is 59.3 Å². The van der Waals surface area contributed by atoms with Crippen LogP contribution in [0.25, 0.3) is 0 Å². The molecule has 46 heavy (non-hydrogen) atoms. The molecular weight excluding hydrogens is 584 g/mol. The first kappa shape index (κ1) is 37.0. The Morgan fingerprint density at radius 2 is 1.83 bits per heavy atom. The van der Waals surface area contributed by atoms with E-state index >= 15 is 0 Å². The van der Waals surface area contributed by atoms with Crippen LogP contribution >= 0.6 is 0 Å². The third kappa shape index (κ3) is 11.7. The minimum absolute atomic E-state index is 0.0652. The lowest BCUT2D eigenvalue weighted by Crippen LogP contribution is -2.48. The largest absolute Gasteiger partial charge is 0.490 e. The van der Waals surface area contributed by atoms with E-state index in [0.29, 0.717) is 43.1 Å². The standard InChI is InChI=1S/C36H54N4O6/c1-26-23-40(27(2)25-41)36(44)31-22-30(37-34(42)21-29-14-8-7-9-15-29)17-18-32(31)46-28(3)13-10-11-20-45-33(26)24-39(6)35(43)16-12-19-38(4)5/h7-9,14-15,17-18,22,26-28,33,41H,10-13,16,19-21,23-25H2,1-6H3,(H,37,42)/t26-,27-,28-,33+/m1/s1. The summed E-state index contributed by atoms with van der Waals surface area (Å²) in [6.45, 7) is 7.66. The zero-order valence-electron chi connectivity index (χ0n) is 28.5. The van der Waals surface area contributed by atoms with Crippen molar-refractivity contribution in [3.05, 3.63) is 59.7 Å². The number of rotatable bonds is 11. The van der Waals surface area contributed by atoms with Crippen LogP contribution in [0.5, 0.6) is 5.75 Å². The number of carbonyl (C=O) groups excluding carboxylic acids is 3. The summed E-state index contributed by atoms with van der Waals surface area (Å²) < 4.78 is 12.7. The van der Waals surface area contributed by atoms with E-state index in [1.807, 2.05) is 65.3 Å². The number of benzene rings is 2. The molecular formula is C36H54N4O6. The fraction of sp³-hybridized carbons (Fsp3) is 0.583. The summed E-state index contributed by atoms with van der Waals surface area (Å²) in [6, 6.07) is 14.1. The lowest BCUT2D eigenvalue weighted by Gasteiger charge is -2.36. The summed E-state index contributed by atoms with van der Waals surface area (Å²) in [5, 5.41) is 13.1. The number of hydrogen-bond acceptors (Lipinski definition) is 7. The Labute approximate surface area is 275 Å². The third-order valence-electron chi connectivity index (χ3n) is 8.42. The molecule has 10 heteroatoms. The molecule has 2 N–H and O–H groups in total. The second-order valence-electron chi connectivity index (χ2n) is 12.9. The van der Waals surface area contributed by atoms with Crippen LogP contribution in [0.15, 0.2) is 48.5 Å². The molecule has 254 valence electrons. The van der Waals surface area contributed by atoms with Crippen LogP contribution in [0.1, 0.15) is 68.8 Å². The second kappa shape index (κ2) is 18.6. The summed E-state index contributed by atoms with van der Waals surface area (Å²) >= 11 is 0. The van der Waals surface area contributed by atoms with Gasteiger partial charge in [-0.1, -0.05) is 37.3 Å². The highest BCUT2D eigenvalue weighted by Crippen LogP contribution is 2.28. The summed E-state index contributed by atoms with van der Waals surface area (Å²) in [6.07, 6.45) is 3.48. The van der Waals surface area contributed by atoms with Gasteiger partial charge in [0.25, 0.3) is 5.91 Å². The highest BCUT2D eigenvalue weighted by atomic mass is 16.5. The molecule has 1 aliphatic heterocycles. The molecule has 0 saturated carbocycles. The molecule has 0 radical (unpaired) electrons. The van der Waals surface area contributed by atoms with Crippen LogP contribution in [0, 0.1) is 5.92 Å². The predicted molar refractivity (Wildman–Crippen MR) is 181 cm³/mol. The summed E-state index contributed by atoms with van der Waals surface area (Å²) in [5.74, 6) is -0.137. The number of carbonyl (C=O) groups is 3. The Morgan fingerprint density at radius 1 is 1.09 bits per heavy atom. The molecule has 0 spiro atoms. The number of aliphatic hydroxyl groups excluding tert-OH is 1. The number of amides is 3. The summed E-state index contributed by atoms with van der Waals surface area (Å²) in [7, 11) is 5.79. The maximum Gasteiger partial charge on any atom is 0.258 e. The second-order valence-corrected chi connectivity index (χ2v) is 12.9. The molecule has 10 nitrogen and oxygen atoms in total. The lowest BCUT2D eigenvalue weighted by atomic mass is 10.0. The molecule has 4 atom stereocenters. The zero-order valence-corrected chi connectivity index (χ0v) is 28.5. The molecule has 0 saturated heterocycles. The van der Waals surface area contributed by atoms with Crippen molar-refractivity contribution in [1.29, 1.82) is 0 Å². The van der Waals surface area contributed by atoms with Gasteiger partial charge in [-0.25, -0.2) is 0 Å². The molecule has 1 aliphatic rings. The van der Waals surface area contributed by atoms with Gasteiger partial charge in [-0.15, -0.1) is 0 Å². The van der Waals surface area contributed by atoms with Gasteiger partial charge in [-0.05, 0) is 83.9 Å². The van der Waals surface area contributed by atoms with E-state index in [9.17, 15) is 19.5 Å². The fourth-order valence-corrected chi connectivity index (χ4v) is 5.56. The SMILES string of the molecule is C[C@@H]1CCCCO[C@@H](CN(C)C(=O)CCCN(C)C)[C@H](C)CN([C@H](C)CO)C(=O)c2cc(NC(=O)Cc3ccccc3)ccc2O1. The monoisotopic (exact) mass is 638 g/mol. The maximum atomic E-state index is 14.3. The van der Waals surface area contributed by atoms with Crippen molar-refractivity contribution in [3.8, 4) is 5.75 Å². The number of likely N-dealkylation sites (N-methyl/N-ethyl adjacent to an activating group) is 1. The van der Waals surface area contributed by atoms with Gasteiger partial charge in [0.15, 0.2) is 0 Å². The van der Waals surface area contributed by atoms with Crippen molar-refractivity contribution >= 4 is 23.4 Å². The van der Waals surface area contributed by atoms with Gasteiger partial charge >= 0.3 is 0 Å². The van der Waals surface area contributed by atoms with Crippen molar-refractivity contribution in [2.24, 2.45) is 5.92 Å². The molecule has 1 heterocycles. The van der Waals surface area contributed by atoms with Crippen LogP contribution < -0.4 is 10.1 Å². The van der Waals surface area contributed by atoms with Gasteiger partial charge < -0.3 is 34.6 Å². The van der Waals surface area contributed by atoms with Crippen LogP contribution in [0.3, 0.4) is 0 Å². The Balaban J connectivity index is 1.87. The molecule has 2 aromatic rings. The van der Waals surface area contributed by atoms with Gasteiger partial charge in [0, 0.05) is 44.8 Å². The summed E-state index contributed by atoms with van der Waals surface area (Å²) in [4.78, 5) is 45.6. The zero-order chi connectivity index (χ0) is 33.6. The number of anilines is 1. The average molecular weight is 639 g/mol. The fourth-order valence-electron chi connectivity index (χ4n) is 5.56. The normalized spacial score (nSPS) is 20.3. The Bertz CT molecular complexity index is 1260. The molecule has 2 aromatic carbocycles. The first-order valence-corrected chi connectivity index (χ1v) is 16.5. The molecule has 0 unspecified atom stereocenters. The van der Waals surface area contributed by atoms with Crippen molar-refractivity contribution in [1.82, 2.24) is 14.7 Å². The van der Waals surface area contributed by atoms with Crippen LogP contribution in [-0.4, -0.2) is 110 Å². The van der Waals surface area contributed by atoms with E-state index in [1.54, 1.807) is 34.9 Å². The van der Waals surface area contributed by atoms with Crippen LogP contribution in [0.4, 0.5) is 5.69 Å². The third-order valence-corrected chi connectivity index (χ3v) is 8.42. The lowest BCUT2D eigenvalue weighted by molar-refractivity contribution is -0.132. The van der Waals surface area contributed by atoms with E-state index in [-0.39, 0.29) is 48.9 Å². The summed E-state index contributed by atoms with van der Waals surface area (Å²) in [5.41, 5.74) is 1.70. The van der Waals surface area contributed by atoms with E-state index in [1.165, 1.54) is 0 Å². The molecule has 3 amide bonds. The molecule has 0 fully saturated rings. The minimum atomic E-state index is -0.490. The quantitative estimate of drug-likeness (QED) is 0.374.